The average molecular weight is 696 g/mol. The van der Waals surface area contributed by atoms with E-state index in [2.05, 4.69) is 36.8 Å². The number of unbranched alkanes of at least 4 members (excludes halogenated alkanes) is 5. The molecule has 3 unspecified atom stereocenters. The van der Waals surface area contributed by atoms with Gasteiger partial charge in [0.05, 0.1) is 0 Å². The number of nitrogens with zero attached hydrogens (tertiary/aromatic N) is 1. The van der Waals surface area contributed by atoms with Crippen LogP contribution in [-0.2, 0) is 30.3 Å². The second-order valence-corrected chi connectivity index (χ2v) is 14.6. The minimum Gasteiger partial charge on any atom is -0.458 e. The predicted molar refractivity (Wildman–Crippen MR) is 199 cm³/mol. The summed E-state index contributed by atoms with van der Waals surface area (Å²) in [5, 5.41) is 5.60. The molecule has 0 aliphatic carbocycles. The highest BCUT2D eigenvalue weighted by molar-refractivity contribution is 7.80. The summed E-state index contributed by atoms with van der Waals surface area (Å²) in [4.78, 5) is 56.9. The van der Waals surface area contributed by atoms with E-state index in [0.717, 1.165) is 43.2 Å². The van der Waals surface area contributed by atoms with Crippen LogP contribution in [0.5, 0.6) is 0 Å². The number of alkyl carbamates (subject to hydrolysis) is 1. The number of thiol groups is 1. The zero-order valence-corrected chi connectivity index (χ0v) is 31.3. The van der Waals surface area contributed by atoms with Gasteiger partial charge in [-0.15, -0.1) is 0 Å². The third-order valence-electron chi connectivity index (χ3n) is 7.52. The van der Waals surface area contributed by atoms with E-state index >= 15 is 0 Å². The van der Waals surface area contributed by atoms with Crippen molar-refractivity contribution in [3.05, 3.63) is 77.9 Å². The summed E-state index contributed by atoms with van der Waals surface area (Å²) < 4.78 is 11.2. The largest absolute Gasteiger partial charge is 0.458 e. The molecule has 2 N–H and O–H groups in total. The smallest absolute Gasteiger partial charge is 0.408 e. The molecule has 2 aromatic rings. The first-order valence-corrected chi connectivity index (χ1v) is 17.9. The molecule has 0 aliphatic heterocycles. The molecule has 0 aliphatic rings. The number of carbonyl (C=O) groups excluding carboxylic acids is 4. The number of esters is 1. The third kappa shape index (κ3) is 15.1. The first-order valence-electron chi connectivity index (χ1n) is 17.3. The van der Waals surface area contributed by atoms with Gasteiger partial charge in [0.2, 0.25) is 11.8 Å². The lowest BCUT2D eigenvalue weighted by Crippen LogP contribution is -2.55. The molecular weight excluding hydrogens is 639 g/mol. The maximum Gasteiger partial charge on any atom is 0.408 e. The molecule has 0 saturated heterocycles. The van der Waals surface area contributed by atoms with Crippen molar-refractivity contribution in [1.82, 2.24) is 15.5 Å². The topological polar surface area (TPSA) is 114 Å². The number of ether oxygens (including phenoxy) is 2. The van der Waals surface area contributed by atoms with Crippen LogP contribution >= 0.6 is 12.6 Å². The summed E-state index contributed by atoms with van der Waals surface area (Å²) in [6.07, 6.45) is 6.86. The van der Waals surface area contributed by atoms with Crippen molar-refractivity contribution in [2.24, 2.45) is 0 Å². The minimum atomic E-state index is -1.15. The normalized spacial score (nSPS) is 13.4. The molecule has 3 atom stereocenters. The van der Waals surface area contributed by atoms with Gasteiger partial charge in [-0.25, -0.2) is 9.59 Å². The van der Waals surface area contributed by atoms with E-state index in [-0.39, 0.29) is 18.7 Å². The molecule has 0 bridgehead atoms. The van der Waals surface area contributed by atoms with E-state index in [1.165, 1.54) is 4.90 Å². The fraction of sp³-hybridized carbons (Fsp3) is 0.538. The number of hydrogen-bond acceptors (Lipinski definition) is 7. The van der Waals surface area contributed by atoms with Gasteiger partial charge in [0.25, 0.3) is 0 Å². The summed E-state index contributed by atoms with van der Waals surface area (Å²) in [7, 11) is 0. The molecule has 270 valence electrons. The van der Waals surface area contributed by atoms with E-state index in [0.29, 0.717) is 12.0 Å². The highest BCUT2D eigenvalue weighted by atomic mass is 32.1. The molecular formula is C39H57N3O6S. The number of carbonyl (C=O) groups is 4. The fourth-order valence-corrected chi connectivity index (χ4v) is 5.51. The van der Waals surface area contributed by atoms with Gasteiger partial charge >= 0.3 is 12.1 Å². The minimum absolute atomic E-state index is 0.0271. The van der Waals surface area contributed by atoms with Crippen LogP contribution in [0.3, 0.4) is 0 Å². The lowest BCUT2D eigenvalue weighted by molar-refractivity contribution is -0.159. The highest BCUT2D eigenvalue weighted by Gasteiger charge is 2.38. The van der Waals surface area contributed by atoms with Gasteiger partial charge in [-0.05, 0) is 70.7 Å². The predicted octanol–water partition coefficient (Wildman–Crippen LogP) is 7.45. The Morgan fingerprint density at radius 1 is 0.837 bits per heavy atom. The first-order chi connectivity index (χ1) is 23.1. The summed E-state index contributed by atoms with van der Waals surface area (Å²) >= 11 is 4.41. The number of nitrogens with one attached hydrogen (secondary N) is 2. The third-order valence-corrected chi connectivity index (χ3v) is 7.89. The van der Waals surface area contributed by atoms with E-state index in [1.54, 1.807) is 65.8 Å². The molecule has 3 amide bonds. The molecule has 2 rings (SSSR count). The maximum atomic E-state index is 14.6. The number of amides is 3. The Morgan fingerprint density at radius 2 is 1.47 bits per heavy atom. The summed E-state index contributed by atoms with van der Waals surface area (Å²) in [5.74, 6) is -1.66. The van der Waals surface area contributed by atoms with Gasteiger partial charge in [0.15, 0.2) is 0 Å². The Balaban J connectivity index is 2.60. The van der Waals surface area contributed by atoms with Crippen LogP contribution in [0.1, 0.15) is 110 Å². The van der Waals surface area contributed by atoms with Crippen molar-refractivity contribution in [2.45, 2.75) is 123 Å². The molecule has 0 fully saturated rings. The molecule has 0 radical (unpaired) electrons. The fourth-order valence-electron chi connectivity index (χ4n) is 5.26. The van der Waals surface area contributed by atoms with Crippen molar-refractivity contribution in [3.63, 3.8) is 0 Å². The van der Waals surface area contributed by atoms with E-state index in [4.69, 9.17) is 9.47 Å². The van der Waals surface area contributed by atoms with Crippen molar-refractivity contribution in [1.29, 1.82) is 0 Å². The molecule has 0 heterocycles. The van der Waals surface area contributed by atoms with Crippen LogP contribution in [0.2, 0.25) is 0 Å². The van der Waals surface area contributed by atoms with E-state index < -0.39 is 53.2 Å². The van der Waals surface area contributed by atoms with Crippen molar-refractivity contribution in [3.8, 4) is 0 Å². The van der Waals surface area contributed by atoms with Crippen LogP contribution in [0.25, 0.3) is 6.08 Å². The van der Waals surface area contributed by atoms with Crippen molar-refractivity contribution >= 4 is 42.6 Å². The maximum absolute atomic E-state index is 14.6. The second-order valence-electron chi connectivity index (χ2n) is 14.2. The monoisotopic (exact) mass is 695 g/mol. The van der Waals surface area contributed by atoms with E-state index in [9.17, 15) is 19.2 Å². The molecule has 49 heavy (non-hydrogen) atoms. The Kier molecular flexibility index (Phi) is 16.9. The molecule has 2 aromatic carbocycles. The zero-order valence-electron chi connectivity index (χ0n) is 30.4. The van der Waals surface area contributed by atoms with Gasteiger partial charge in [-0.1, -0.05) is 100 Å². The molecule has 9 nitrogen and oxygen atoms in total. The Bertz CT molecular complexity index is 1370. The molecule has 10 heteroatoms. The van der Waals surface area contributed by atoms with Gasteiger partial charge in [-0.3, -0.25) is 9.59 Å². The van der Waals surface area contributed by atoms with Crippen molar-refractivity contribution in [2.75, 3.05) is 12.3 Å². The number of hydrogen-bond donors (Lipinski definition) is 3. The molecule has 0 saturated carbocycles. The van der Waals surface area contributed by atoms with Gasteiger partial charge in [0, 0.05) is 18.7 Å². The quantitative estimate of drug-likeness (QED) is 0.0848. The standard InChI is InChI=1S/C39H57N3O6S/c1-9-11-12-13-14-18-24-42(35(44)32(27-49)41-37(46)48-39(6,7)8)33(30-23-19-22-28(10-2)25-30)34(43)40-31(36(45)47-38(3,4)5)26-29-20-16-15-17-21-29/h10,15-17,19-23,25,31-33,49H,2,9,11-14,18,24,26-27H2,1,3-8H3,(H,40,43)(H,41,46). The van der Waals surface area contributed by atoms with Crippen LogP contribution in [0.15, 0.2) is 61.2 Å². The van der Waals surface area contributed by atoms with Gasteiger partial charge in [0.1, 0.15) is 29.3 Å². The van der Waals surface area contributed by atoms with Crippen molar-refractivity contribution < 1.29 is 28.7 Å². The van der Waals surface area contributed by atoms with Gasteiger partial charge < -0.3 is 25.0 Å². The van der Waals surface area contributed by atoms with Crippen LogP contribution in [0, 0.1) is 0 Å². The summed E-state index contributed by atoms with van der Waals surface area (Å²) in [5.41, 5.74) is 0.553. The Labute approximate surface area is 299 Å². The highest BCUT2D eigenvalue weighted by Crippen LogP contribution is 2.26. The van der Waals surface area contributed by atoms with Crippen LogP contribution in [0.4, 0.5) is 4.79 Å². The summed E-state index contributed by atoms with van der Waals surface area (Å²) in [6.45, 7) is 16.8. The average Bonchev–Trinajstić information content (AvgIpc) is 3.02. The van der Waals surface area contributed by atoms with Crippen LogP contribution < -0.4 is 10.6 Å². The number of rotatable bonds is 18. The van der Waals surface area contributed by atoms with Gasteiger partial charge in [-0.2, -0.15) is 12.6 Å². The SMILES string of the molecule is C=Cc1cccc(C(C(=O)NC(Cc2ccccc2)C(=O)OC(C)(C)C)N(CCCCCCCC)C(=O)C(CS)NC(=O)OC(C)(C)C)c1. The Hall–Kier alpha value is -3.79. The lowest BCUT2D eigenvalue weighted by Gasteiger charge is -2.35. The Morgan fingerprint density at radius 3 is 2.06 bits per heavy atom. The molecule has 0 aromatic heterocycles. The molecule has 0 spiro atoms. The zero-order chi connectivity index (χ0) is 36.6. The first kappa shape index (κ1) is 41.4. The summed E-state index contributed by atoms with van der Waals surface area (Å²) in [6, 6.07) is 13.3. The van der Waals surface area contributed by atoms with E-state index in [1.807, 2.05) is 36.4 Å². The lowest BCUT2D eigenvalue weighted by atomic mass is 9.98. The number of benzene rings is 2. The second kappa shape index (κ2) is 20.0. The van der Waals surface area contributed by atoms with Crippen LogP contribution in [-0.4, -0.2) is 64.4 Å².